The summed E-state index contributed by atoms with van der Waals surface area (Å²) in [5, 5.41) is 5.53. The zero-order chi connectivity index (χ0) is 11.2. The van der Waals surface area contributed by atoms with Crippen LogP contribution in [0.25, 0.3) is 0 Å². The molecule has 2 atom stereocenters. The molecule has 1 aliphatic carbocycles. The summed E-state index contributed by atoms with van der Waals surface area (Å²) in [5.74, 6) is 1.23. The average Bonchev–Trinajstić information content (AvgIpc) is 2.38. The van der Waals surface area contributed by atoms with Crippen LogP contribution in [0.2, 0.25) is 0 Å². The van der Waals surface area contributed by atoms with Crippen LogP contribution in [-0.2, 0) is 0 Å². The van der Waals surface area contributed by atoms with Crippen LogP contribution in [0.1, 0.15) is 44.9 Å². The lowest BCUT2D eigenvalue weighted by Gasteiger charge is -2.29. The molecule has 0 radical (unpaired) electrons. The number of hydrogen-bond donors (Lipinski definition) is 1. The van der Waals surface area contributed by atoms with E-state index >= 15 is 0 Å². The first-order valence-electron chi connectivity index (χ1n) is 6.41. The number of piperidine rings is 1. The summed E-state index contributed by atoms with van der Waals surface area (Å²) in [6.45, 7) is 0. The summed E-state index contributed by atoms with van der Waals surface area (Å²) in [4.78, 5) is 1.62. The molecule has 0 bridgehead atoms. The summed E-state index contributed by atoms with van der Waals surface area (Å²) < 4.78 is 0. The molecule has 1 saturated heterocycles. The van der Waals surface area contributed by atoms with Crippen molar-refractivity contribution >= 4 is 29.3 Å². The van der Waals surface area contributed by atoms with Crippen molar-refractivity contribution in [3.63, 3.8) is 0 Å². The van der Waals surface area contributed by atoms with Crippen molar-refractivity contribution in [1.29, 1.82) is 0 Å². The van der Waals surface area contributed by atoms with Gasteiger partial charge in [0.15, 0.2) is 0 Å². The van der Waals surface area contributed by atoms with E-state index in [0.29, 0.717) is 12.1 Å². The van der Waals surface area contributed by atoms with Crippen LogP contribution in [0.15, 0.2) is 11.0 Å². The van der Waals surface area contributed by atoms with Gasteiger partial charge in [-0.15, -0.1) is 11.8 Å². The van der Waals surface area contributed by atoms with E-state index < -0.39 is 0 Å². The molecule has 0 aromatic heterocycles. The second-order valence-electron chi connectivity index (χ2n) is 4.76. The number of thioether (sulfide) groups is 1. The van der Waals surface area contributed by atoms with E-state index in [9.17, 15) is 0 Å². The SMILES string of the molecule is S=CC1CCCC(CSC2=CCCCC2)N1. The smallest absolute Gasteiger partial charge is 0.0356 e. The maximum Gasteiger partial charge on any atom is 0.0356 e. The molecule has 0 amide bonds. The molecule has 0 aromatic carbocycles. The Morgan fingerprint density at radius 1 is 1.38 bits per heavy atom. The molecule has 0 aromatic rings. The zero-order valence-corrected chi connectivity index (χ0v) is 11.4. The van der Waals surface area contributed by atoms with Crippen LogP contribution in [0.4, 0.5) is 0 Å². The highest BCUT2D eigenvalue weighted by Crippen LogP contribution is 2.29. The fourth-order valence-electron chi connectivity index (χ4n) is 2.44. The highest BCUT2D eigenvalue weighted by atomic mass is 32.2. The molecule has 2 unspecified atom stereocenters. The van der Waals surface area contributed by atoms with Gasteiger partial charge < -0.3 is 5.32 Å². The standard InChI is InChI=1S/C13H21NS2/c15-9-11-5-4-6-12(14-11)10-16-13-7-2-1-3-8-13/h7,9,11-12,14H,1-6,8,10H2. The van der Waals surface area contributed by atoms with Gasteiger partial charge in [-0.3, -0.25) is 0 Å². The molecule has 2 rings (SSSR count). The average molecular weight is 255 g/mol. The number of nitrogens with one attached hydrogen (secondary N) is 1. The molecular formula is C13H21NS2. The van der Waals surface area contributed by atoms with E-state index in [1.165, 1.54) is 50.7 Å². The van der Waals surface area contributed by atoms with Gasteiger partial charge in [0.25, 0.3) is 0 Å². The minimum Gasteiger partial charge on any atom is -0.306 e. The number of allylic oxidation sites excluding steroid dienone is 2. The van der Waals surface area contributed by atoms with Crippen LogP contribution >= 0.6 is 24.0 Å². The third-order valence-electron chi connectivity index (χ3n) is 3.40. The Hall–Kier alpha value is 0.140. The first-order chi connectivity index (χ1) is 7.88. The van der Waals surface area contributed by atoms with Crippen LogP contribution in [0, 0.1) is 0 Å². The predicted molar refractivity (Wildman–Crippen MR) is 77.2 cm³/mol. The van der Waals surface area contributed by atoms with Gasteiger partial charge in [-0.1, -0.05) is 18.3 Å². The van der Waals surface area contributed by atoms with Gasteiger partial charge in [0.1, 0.15) is 0 Å². The molecule has 1 heterocycles. The minimum absolute atomic E-state index is 0.481. The van der Waals surface area contributed by atoms with Crippen molar-refractivity contribution in [3.05, 3.63) is 11.0 Å². The molecule has 1 fully saturated rings. The summed E-state index contributed by atoms with van der Waals surface area (Å²) in [7, 11) is 0. The zero-order valence-electron chi connectivity index (χ0n) is 9.78. The molecule has 90 valence electrons. The molecule has 0 spiro atoms. The molecule has 0 saturated carbocycles. The van der Waals surface area contributed by atoms with Crippen molar-refractivity contribution in [3.8, 4) is 0 Å². The highest BCUT2D eigenvalue weighted by molar-refractivity contribution is 8.03. The van der Waals surface area contributed by atoms with E-state index in [1.54, 1.807) is 4.91 Å². The fourth-order valence-corrected chi connectivity index (χ4v) is 3.86. The summed E-state index contributed by atoms with van der Waals surface area (Å²) in [6, 6.07) is 1.15. The molecule has 16 heavy (non-hydrogen) atoms. The Balaban J connectivity index is 1.72. The first kappa shape index (κ1) is 12.6. The van der Waals surface area contributed by atoms with Gasteiger partial charge in [0.05, 0.1) is 0 Å². The predicted octanol–water partition coefficient (Wildman–Crippen LogP) is 3.69. The molecule has 1 N–H and O–H groups in total. The Kier molecular flexibility index (Phi) is 5.33. The number of rotatable bonds is 4. The van der Waals surface area contributed by atoms with Crippen LogP contribution in [0.3, 0.4) is 0 Å². The largest absolute Gasteiger partial charge is 0.306 e. The first-order valence-corrected chi connectivity index (χ1v) is 7.87. The maximum absolute atomic E-state index is 5.03. The minimum atomic E-state index is 0.481. The van der Waals surface area contributed by atoms with Crippen LogP contribution in [0.5, 0.6) is 0 Å². The topological polar surface area (TPSA) is 12.0 Å². The molecule has 3 heteroatoms. The van der Waals surface area contributed by atoms with E-state index in [0.717, 1.165) is 0 Å². The lowest BCUT2D eigenvalue weighted by Crippen LogP contribution is -2.44. The molecule has 1 nitrogen and oxygen atoms in total. The van der Waals surface area contributed by atoms with Crippen molar-refractivity contribution in [1.82, 2.24) is 5.32 Å². The molecular weight excluding hydrogens is 234 g/mol. The maximum atomic E-state index is 5.03. The number of hydrogen-bond acceptors (Lipinski definition) is 3. The van der Waals surface area contributed by atoms with Gasteiger partial charge in [-0.05, 0) is 55.2 Å². The third kappa shape index (κ3) is 3.86. The van der Waals surface area contributed by atoms with Gasteiger partial charge in [0, 0.05) is 17.8 Å². The molecule has 2 aliphatic rings. The normalized spacial score (nSPS) is 30.9. The fraction of sp³-hybridized carbons (Fsp3) is 0.769. The highest BCUT2D eigenvalue weighted by Gasteiger charge is 2.19. The van der Waals surface area contributed by atoms with Crippen molar-refractivity contribution < 1.29 is 0 Å². The van der Waals surface area contributed by atoms with E-state index in [4.69, 9.17) is 12.2 Å². The second kappa shape index (κ2) is 6.77. The van der Waals surface area contributed by atoms with Crippen LogP contribution < -0.4 is 5.32 Å². The summed E-state index contributed by atoms with van der Waals surface area (Å²) >= 11 is 7.10. The van der Waals surface area contributed by atoms with Gasteiger partial charge in [-0.25, -0.2) is 0 Å². The Labute approximate surface area is 108 Å². The third-order valence-corrected chi connectivity index (χ3v) is 5.04. The van der Waals surface area contributed by atoms with Gasteiger partial charge in [-0.2, -0.15) is 0 Å². The van der Waals surface area contributed by atoms with E-state index in [-0.39, 0.29) is 0 Å². The van der Waals surface area contributed by atoms with Crippen molar-refractivity contribution in [2.24, 2.45) is 0 Å². The summed E-state index contributed by atoms with van der Waals surface area (Å²) in [5.41, 5.74) is 0. The molecule has 1 aliphatic heterocycles. The van der Waals surface area contributed by atoms with Gasteiger partial charge in [0.2, 0.25) is 0 Å². The quantitative estimate of drug-likeness (QED) is 0.770. The van der Waals surface area contributed by atoms with Crippen molar-refractivity contribution in [2.75, 3.05) is 5.75 Å². The van der Waals surface area contributed by atoms with Gasteiger partial charge >= 0.3 is 0 Å². The second-order valence-corrected chi connectivity index (χ2v) is 6.18. The van der Waals surface area contributed by atoms with Crippen molar-refractivity contribution in [2.45, 2.75) is 57.0 Å². The monoisotopic (exact) mass is 255 g/mol. The Morgan fingerprint density at radius 2 is 2.31 bits per heavy atom. The van der Waals surface area contributed by atoms with Crippen LogP contribution in [-0.4, -0.2) is 23.2 Å². The lowest BCUT2D eigenvalue weighted by atomic mass is 10.0. The lowest BCUT2D eigenvalue weighted by molar-refractivity contribution is 0.397. The van der Waals surface area contributed by atoms with E-state index in [2.05, 4.69) is 23.2 Å². The number of thiocarbonyl (C=S) groups is 1. The van der Waals surface area contributed by atoms with E-state index in [1.807, 2.05) is 5.37 Å². The Bertz CT molecular complexity index is 263. The summed E-state index contributed by atoms with van der Waals surface area (Å²) in [6.07, 6.45) is 11.7. The Morgan fingerprint density at radius 3 is 3.06 bits per heavy atom.